The van der Waals surface area contributed by atoms with Crippen molar-refractivity contribution in [3.05, 3.63) is 70.5 Å². The third kappa shape index (κ3) is 2.99. The van der Waals surface area contributed by atoms with E-state index in [0.717, 1.165) is 17.6 Å². The summed E-state index contributed by atoms with van der Waals surface area (Å²) in [5.74, 6) is 0.116. The molecule has 0 aliphatic heterocycles. The van der Waals surface area contributed by atoms with Crippen LogP contribution in [0, 0.1) is 0 Å². The first-order chi connectivity index (χ1) is 12.8. The van der Waals surface area contributed by atoms with E-state index in [9.17, 15) is 18.0 Å². The van der Waals surface area contributed by atoms with Gasteiger partial charge in [0.15, 0.2) is 0 Å². The first-order valence-corrected chi connectivity index (χ1v) is 7.95. The Labute approximate surface area is 150 Å². The summed E-state index contributed by atoms with van der Waals surface area (Å²) >= 11 is 0. The summed E-state index contributed by atoms with van der Waals surface area (Å²) in [5.41, 5.74) is 0.316. The Bertz CT molecular complexity index is 1190. The molecule has 0 N–H and O–H groups in total. The van der Waals surface area contributed by atoms with Crippen LogP contribution >= 0.6 is 0 Å². The first-order valence-electron chi connectivity index (χ1n) is 7.95. The van der Waals surface area contributed by atoms with E-state index >= 15 is 0 Å². The number of alkyl halides is 3. The van der Waals surface area contributed by atoms with Crippen LogP contribution in [-0.2, 0) is 13.2 Å². The van der Waals surface area contributed by atoms with Crippen molar-refractivity contribution < 1.29 is 17.7 Å². The van der Waals surface area contributed by atoms with Crippen molar-refractivity contribution in [2.24, 2.45) is 7.05 Å². The molecular weight excluding hydrogens is 359 g/mol. The third-order valence-electron chi connectivity index (χ3n) is 4.22. The molecule has 0 bridgehead atoms. The summed E-state index contributed by atoms with van der Waals surface area (Å²) in [7, 11) is 1.79. The van der Waals surface area contributed by atoms with Gasteiger partial charge in [0.05, 0.1) is 11.1 Å². The van der Waals surface area contributed by atoms with Crippen LogP contribution in [0.4, 0.5) is 13.2 Å². The quantitative estimate of drug-likeness (QED) is 0.528. The lowest BCUT2D eigenvalue weighted by Crippen LogP contribution is -2.10. The van der Waals surface area contributed by atoms with E-state index in [2.05, 4.69) is 10.1 Å². The summed E-state index contributed by atoms with van der Waals surface area (Å²) in [5, 5.41) is 4.30. The minimum atomic E-state index is -4.42. The SMILES string of the molecule is Cn1cc(-c2nc(-c3ccc(C(F)(F)F)cc3)no2)c(=O)c2ccccc21. The number of hydrogen-bond acceptors (Lipinski definition) is 4. The minimum absolute atomic E-state index is 0.0104. The molecule has 0 atom stereocenters. The Hall–Kier alpha value is -3.42. The lowest BCUT2D eigenvalue weighted by molar-refractivity contribution is -0.137. The normalized spacial score (nSPS) is 11.9. The topological polar surface area (TPSA) is 60.9 Å². The summed E-state index contributed by atoms with van der Waals surface area (Å²) in [6.07, 6.45) is -2.83. The largest absolute Gasteiger partial charge is 0.416 e. The second kappa shape index (κ2) is 6.08. The number of hydrogen-bond donors (Lipinski definition) is 0. The highest BCUT2D eigenvalue weighted by Gasteiger charge is 2.30. The third-order valence-corrected chi connectivity index (χ3v) is 4.22. The number of benzene rings is 2. The molecule has 2 aromatic carbocycles. The van der Waals surface area contributed by atoms with Crippen LogP contribution in [0.15, 0.2) is 64.0 Å². The standard InChI is InChI=1S/C19H12F3N3O2/c1-25-10-14(16(26)13-4-2-3-5-15(13)25)18-23-17(24-27-18)11-6-8-12(9-7-11)19(20,21)22/h2-10H,1H3. The Morgan fingerprint density at radius 2 is 1.74 bits per heavy atom. The fourth-order valence-corrected chi connectivity index (χ4v) is 2.85. The molecule has 5 nitrogen and oxygen atoms in total. The van der Waals surface area contributed by atoms with Crippen LogP contribution < -0.4 is 5.43 Å². The fraction of sp³-hybridized carbons (Fsp3) is 0.105. The Morgan fingerprint density at radius 1 is 1.04 bits per heavy atom. The molecular formula is C19H12F3N3O2. The van der Waals surface area contributed by atoms with E-state index in [0.29, 0.717) is 10.9 Å². The van der Waals surface area contributed by atoms with E-state index in [1.54, 1.807) is 29.9 Å². The average Bonchev–Trinajstić information content (AvgIpc) is 3.14. The van der Waals surface area contributed by atoms with Crippen molar-refractivity contribution in [1.29, 1.82) is 0 Å². The maximum atomic E-state index is 12.7. The number of fused-ring (bicyclic) bond motifs is 1. The van der Waals surface area contributed by atoms with Gasteiger partial charge in [-0.3, -0.25) is 4.79 Å². The molecule has 0 aliphatic carbocycles. The molecule has 0 spiro atoms. The summed E-state index contributed by atoms with van der Waals surface area (Å²) in [6.45, 7) is 0. The zero-order chi connectivity index (χ0) is 19.2. The molecule has 27 heavy (non-hydrogen) atoms. The predicted octanol–water partition coefficient (Wildman–Crippen LogP) is 4.27. The number of pyridine rings is 1. The van der Waals surface area contributed by atoms with Gasteiger partial charge in [-0.2, -0.15) is 18.2 Å². The van der Waals surface area contributed by atoms with Gasteiger partial charge < -0.3 is 9.09 Å². The lowest BCUT2D eigenvalue weighted by Gasteiger charge is -2.06. The van der Waals surface area contributed by atoms with E-state index in [-0.39, 0.29) is 22.7 Å². The van der Waals surface area contributed by atoms with Crippen molar-refractivity contribution in [2.45, 2.75) is 6.18 Å². The van der Waals surface area contributed by atoms with Crippen molar-refractivity contribution in [3.63, 3.8) is 0 Å². The highest BCUT2D eigenvalue weighted by atomic mass is 19.4. The maximum absolute atomic E-state index is 12.7. The van der Waals surface area contributed by atoms with Crippen LogP contribution in [0.5, 0.6) is 0 Å². The van der Waals surface area contributed by atoms with Gasteiger partial charge in [0.1, 0.15) is 5.56 Å². The summed E-state index contributed by atoms with van der Waals surface area (Å²) in [6, 6.07) is 11.5. The molecule has 4 aromatic rings. The van der Waals surface area contributed by atoms with Crippen molar-refractivity contribution in [3.8, 4) is 22.8 Å². The van der Waals surface area contributed by atoms with Gasteiger partial charge in [0, 0.05) is 24.2 Å². The van der Waals surface area contributed by atoms with Crippen molar-refractivity contribution >= 4 is 10.9 Å². The number of para-hydroxylation sites is 1. The molecule has 4 rings (SSSR count). The number of halogens is 3. The number of aryl methyl sites for hydroxylation is 1. The molecule has 0 saturated heterocycles. The van der Waals surface area contributed by atoms with Crippen LogP contribution in [0.2, 0.25) is 0 Å². The Morgan fingerprint density at radius 3 is 2.44 bits per heavy atom. The van der Waals surface area contributed by atoms with E-state index < -0.39 is 11.7 Å². The van der Waals surface area contributed by atoms with Crippen LogP contribution in [-0.4, -0.2) is 14.7 Å². The average molecular weight is 371 g/mol. The van der Waals surface area contributed by atoms with Gasteiger partial charge >= 0.3 is 6.18 Å². The second-order valence-electron chi connectivity index (χ2n) is 6.00. The van der Waals surface area contributed by atoms with Crippen molar-refractivity contribution in [1.82, 2.24) is 14.7 Å². The maximum Gasteiger partial charge on any atom is 0.416 e. The molecule has 2 heterocycles. The minimum Gasteiger partial charge on any atom is -0.350 e. The van der Waals surface area contributed by atoms with Crippen LogP contribution in [0.1, 0.15) is 5.56 Å². The van der Waals surface area contributed by atoms with E-state index in [4.69, 9.17) is 4.52 Å². The highest BCUT2D eigenvalue weighted by Crippen LogP contribution is 2.30. The monoisotopic (exact) mass is 371 g/mol. The number of nitrogens with zero attached hydrogens (tertiary/aromatic N) is 3. The highest BCUT2D eigenvalue weighted by molar-refractivity contribution is 5.82. The molecule has 0 radical (unpaired) electrons. The van der Waals surface area contributed by atoms with E-state index in [1.165, 1.54) is 12.1 Å². The smallest absolute Gasteiger partial charge is 0.350 e. The van der Waals surface area contributed by atoms with Gasteiger partial charge in [-0.25, -0.2) is 0 Å². The number of aromatic nitrogens is 3. The van der Waals surface area contributed by atoms with Gasteiger partial charge in [-0.15, -0.1) is 0 Å². The molecule has 0 aliphatic rings. The molecule has 0 amide bonds. The zero-order valence-electron chi connectivity index (χ0n) is 14.0. The summed E-state index contributed by atoms with van der Waals surface area (Å²) < 4.78 is 45.0. The fourth-order valence-electron chi connectivity index (χ4n) is 2.85. The Kier molecular flexibility index (Phi) is 3.83. The molecule has 136 valence electrons. The molecule has 2 aromatic heterocycles. The lowest BCUT2D eigenvalue weighted by atomic mass is 10.1. The van der Waals surface area contributed by atoms with E-state index in [1.807, 2.05) is 12.1 Å². The molecule has 0 unspecified atom stereocenters. The second-order valence-corrected chi connectivity index (χ2v) is 6.00. The van der Waals surface area contributed by atoms with Crippen LogP contribution in [0.25, 0.3) is 33.7 Å². The van der Waals surface area contributed by atoms with Gasteiger partial charge in [0.25, 0.3) is 5.89 Å². The van der Waals surface area contributed by atoms with Crippen LogP contribution in [0.3, 0.4) is 0 Å². The predicted molar refractivity (Wildman–Crippen MR) is 92.9 cm³/mol. The van der Waals surface area contributed by atoms with Gasteiger partial charge in [0.2, 0.25) is 11.3 Å². The summed E-state index contributed by atoms with van der Waals surface area (Å²) in [4.78, 5) is 16.9. The van der Waals surface area contributed by atoms with Crippen molar-refractivity contribution in [2.75, 3.05) is 0 Å². The Balaban J connectivity index is 1.76. The molecule has 8 heteroatoms. The molecule has 0 saturated carbocycles. The van der Waals surface area contributed by atoms with Gasteiger partial charge in [-0.1, -0.05) is 29.4 Å². The van der Waals surface area contributed by atoms with Gasteiger partial charge in [-0.05, 0) is 24.3 Å². The number of rotatable bonds is 2. The first kappa shape index (κ1) is 17.0. The zero-order valence-corrected chi connectivity index (χ0v) is 14.0. The molecule has 0 fully saturated rings.